The lowest BCUT2D eigenvalue weighted by atomic mass is 10.1. The minimum absolute atomic E-state index is 0.0216. The van der Waals surface area contributed by atoms with E-state index in [-0.39, 0.29) is 24.8 Å². The first-order chi connectivity index (χ1) is 7.09. The molecule has 0 aromatic carbocycles. The van der Waals surface area contributed by atoms with Crippen molar-refractivity contribution >= 4 is 11.9 Å². The molecule has 0 aliphatic carbocycles. The standard InChI is InChI=1S/C9H16N2O4/c10-7(1-2-8(12)13)9(14)11-6-3-4-15-5-6/h6-7H,1-5,10H2,(H,11,14)(H,12,13). The van der Waals surface area contributed by atoms with Crippen molar-refractivity contribution in [2.75, 3.05) is 13.2 Å². The molecule has 1 aliphatic heterocycles. The average molecular weight is 216 g/mol. The summed E-state index contributed by atoms with van der Waals surface area (Å²) in [5.41, 5.74) is 5.53. The SMILES string of the molecule is NC(CCC(=O)O)C(=O)NC1CCOC1. The molecule has 1 rings (SSSR count). The van der Waals surface area contributed by atoms with Gasteiger partial charge in [0, 0.05) is 13.0 Å². The first-order valence-electron chi connectivity index (χ1n) is 4.95. The lowest BCUT2D eigenvalue weighted by molar-refractivity contribution is -0.137. The smallest absolute Gasteiger partial charge is 0.303 e. The van der Waals surface area contributed by atoms with Crippen molar-refractivity contribution in [3.63, 3.8) is 0 Å². The van der Waals surface area contributed by atoms with Gasteiger partial charge in [0.05, 0.1) is 18.7 Å². The summed E-state index contributed by atoms with van der Waals surface area (Å²) in [5.74, 6) is -1.24. The monoisotopic (exact) mass is 216 g/mol. The van der Waals surface area contributed by atoms with Crippen molar-refractivity contribution in [3.8, 4) is 0 Å². The molecule has 1 aliphatic rings. The summed E-state index contributed by atoms with van der Waals surface area (Å²) in [5, 5.41) is 11.1. The van der Waals surface area contributed by atoms with Gasteiger partial charge in [-0.2, -0.15) is 0 Å². The Labute approximate surface area is 87.8 Å². The number of rotatable bonds is 5. The Balaban J connectivity index is 2.22. The van der Waals surface area contributed by atoms with Crippen molar-refractivity contribution < 1.29 is 19.4 Å². The first kappa shape index (κ1) is 11.9. The minimum Gasteiger partial charge on any atom is -0.481 e. The van der Waals surface area contributed by atoms with Crippen LogP contribution in [0.3, 0.4) is 0 Å². The lowest BCUT2D eigenvalue weighted by Gasteiger charge is -2.14. The number of hydrogen-bond donors (Lipinski definition) is 3. The third-order valence-electron chi connectivity index (χ3n) is 2.28. The first-order valence-corrected chi connectivity index (χ1v) is 4.95. The second-order valence-corrected chi connectivity index (χ2v) is 3.61. The van der Waals surface area contributed by atoms with E-state index in [1.807, 2.05) is 0 Å². The van der Waals surface area contributed by atoms with E-state index in [1.165, 1.54) is 0 Å². The predicted octanol–water partition coefficient (Wildman–Crippen LogP) is -0.916. The van der Waals surface area contributed by atoms with E-state index >= 15 is 0 Å². The van der Waals surface area contributed by atoms with Gasteiger partial charge in [0.1, 0.15) is 0 Å². The normalized spacial score (nSPS) is 22.3. The number of amides is 1. The number of hydrogen-bond acceptors (Lipinski definition) is 4. The third kappa shape index (κ3) is 4.26. The zero-order valence-electron chi connectivity index (χ0n) is 8.44. The highest BCUT2D eigenvalue weighted by atomic mass is 16.5. The Kier molecular flexibility index (Phi) is 4.51. The van der Waals surface area contributed by atoms with Crippen LogP contribution in [0.1, 0.15) is 19.3 Å². The van der Waals surface area contributed by atoms with Crippen LogP contribution in [0.25, 0.3) is 0 Å². The van der Waals surface area contributed by atoms with Gasteiger partial charge in [-0.25, -0.2) is 0 Å². The highest BCUT2D eigenvalue weighted by Gasteiger charge is 2.21. The zero-order chi connectivity index (χ0) is 11.3. The fraction of sp³-hybridized carbons (Fsp3) is 0.778. The van der Waals surface area contributed by atoms with E-state index in [1.54, 1.807) is 0 Å². The molecule has 1 saturated heterocycles. The number of nitrogens with one attached hydrogen (secondary N) is 1. The van der Waals surface area contributed by atoms with Crippen LogP contribution in [0.4, 0.5) is 0 Å². The maximum Gasteiger partial charge on any atom is 0.303 e. The van der Waals surface area contributed by atoms with Crippen LogP contribution >= 0.6 is 0 Å². The Bertz CT molecular complexity index is 238. The molecule has 4 N–H and O–H groups in total. The minimum atomic E-state index is -0.942. The number of aliphatic carboxylic acids is 1. The van der Waals surface area contributed by atoms with Crippen molar-refractivity contribution in [3.05, 3.63) is 0 Å². The van der Waals surface area contributed by atoms with Gasteiger partial charge >= 0.3 is 5.97 Å². The zero-order valence-corrected chi connectivity index (χ0v) is 8.44. The Morgan fingerprint density at radius 1 is 1.60 bits per heavy atom. The molecular weight excluding hydrogens is 200 g/mol. The molecule has 2 unspecified atom stereocenters. The molecule has 0 aromatic heterocycles. The highest BCUT2D eigenvalue weighted by Crippen LogP contribution is 2.04. The molecule has 0 saturated carbocycles. The van der Waals surface area contributed by atoms with Gasteiger partial charge in [-0.3, -0.25) is 9.59 Å². The summed E-state index contributed by atoms with van der Waals surface area (Å²) in [4.78, 5) is 21.7. The molecule has 0 aromatic rings. The molecule has 0 spiro atoms. The maximum absolute atomic E-state index is 11.4. The lowest BCUT2D eigenvalue weighted by Crippen LogP contribution is -2.45. The van der Waals surface area contributed by atoms with E-state index in [9.17, 15) is 9.59 Å². The predicted molar refractivity (Wildman–Crippen MR) is 52.2 cm³/mol. The second kappa shape index (κ2) is 5.67. The molecule has 15 heavy (non-hydrogen) atoms. The number of carboxylic acid groups (broad SMARTS) is 1. The summed E-state index contributed by atoms with van der Waals surface area (Å²) in [6.07, 6.45) is 0.863. The summed E-state index contributed by atoms with van der Waals surface area (Å²) in [6, 6.07) is -0.727. The molecule has 1 amide bonds. The van der Waals surface area contributed by atoms with Gasteiger partial charge in [0.25, 0.3) is 0 Å². The Morgan fingerprint density at radius 3 is 2.87 bits per heavy atom. The van der Waals surface area contributed by atoms with E-state index < -0.39 is 12.0 Å². The van der Waals surface area contributed by atoms with Crippen LogP contribution in [0.2, 0.25) is 0 Å². The van der Waals surface area contributed by atoms with Crippen LogP contribution in [0.5, 0.6) is 0 Å². The maximum atomic E-state index is 11.4. The highest BCUT2D eigenvalue weighted by molar-refractivity contribution is 5.82. The molecule has 6 heteroatoms. The van der Waals surface area contributed by atoms with Crippen molar-refractivity contribution in [2.45, 2.75) is 31.3 Å². The van der Waals surface area contributed by atoms with Gasteiger partial charge in [-0.05, 0) is 12.8 Å². The molecule has 1 heterocycles. The fourth-order valence-corrected chi connectivity index (χ4v) is 1.37. The molecule has 86 valence electrons. The van der Waals surface area contributed by atoms with Crippen molar-refractivity contribution in [1.82, 2.24) is 5.32 Å². The number of carbonyl (C=O) groups excluding carboxylic acids is 1. The Hall–Kier alpha value is -1.14. The largest absolute Gasteiger partial charge is 0.481 e. The quantitative estimate of drug-likeness (QED) is 0.552. The number of nitrogens with two attached hydrogens (primary N) is 1. The van der Waals surface area contributed by atoms with Crippen LogP contribution in [-0.4, -0.2) is 42.3 Å². The molecule has 1 fully saturated rings. The van der Waals surface area contributed by atoms with Crippen molar-refractivity contribution in [1.29, 1.82) is 0 Å². The van der Waals surface area contributed by atoms with E-state index in [2.05, 4.69) is 5.32 Å². The Morgan fingerprint density at radius 2 is 2.33 bits per heavy atom. The van der Waals surface area contributed by atoms with Gasteiger partial charge in [0.15, 0.2) is 0 Å². The van der Waals surface area contributed by atoms with E-state index in [4.69, 9.17) is 15.6 Å². The van der Waals surface area contributed by atoms with Gasteiger partial charge in [0.2, 0.25) is 5.91 Å². The third-order valence-corrected chi connectivity index (χ3v) is 2.28. The number of carbonyl (C=O) groups is 2. The summed E-state index contributed by atoms with van der Waals surface area (Å²) >= 11 is 0. The molecule has 2 atom stereocenters. The molecular formula is C9H16N2O4. The van der Waals surface area contributed by atoms with Crippen LogP contribution in [0, 0.1) is 0 Å². The topological polar surface area (TPSA) is 102 Å². The summed E-state index contributed by atoms with van der Waals surface area (Å²) < 4.78 is 5.09. The van der Waals surface area contributed by atoms with Gasteiger partial charge in [-0.1, -0.05) is 0 Å². The second-order valence-electron chi connectivity index (χ2n) is 3.61. The van der Waals surface area contributed by atoms with Gasteiger partial charge in [-0.15, -0.1) is 0 Å². The van der Waals surface area contributed by atoms with Crippen LogP contribution < -0.4 is 11.1 Å². The number of ether oxygens (including phenoxy) is 1. The molecule has 0 bridgehead atoms. The van der Waals surface area contributed by atoms with Crippen LogP contribution in [0.15, 0.2) is 0 Å². The van der Waals surface area contributed by atoms with E-state index in [0.717, 1.165) is 6.42 Å². The summed E-state index contributed by atoms with van der Waals surface area (Å²) in [6.45, 7) is 1.16. The average Bonchev–Trinajstić information content (AvgIpc) is 2.66. The van der Waals surface area contributed by atoms with Crippen molar-refractivity contribution in [2.24, 2.45) is 5.73 Å². The molecule has 6 nitrogen and oxygen atoms in total. The molecule has 0 radical (unpaired) electrons. The summed E-state index contributed by atoms with van der Waals surface area (Å²) in [7, 11) is 0. The fourth-order valence-electron chi connectivity index (χ4n) is 1.37. The number of carboxylic acids is 1. The van der Waals surface area contributed by atoms with Gasteiger partial charge < -0.3 is 20.9 Å². The van der Waals surface area contributed by atoms with E-state index in [0.29, 0.717) is 13.2 Å². The van der Waals surface area contributed by atoms with Crippen LogP contribution in [-0.2, 0) is 14.3 Å².